The number of terminal acetylenes is 1. The van der Waals surface area contributed by atoms with Crippen LogP contribution in [0.2, 0.25) is 0 Å². The Bertz CT molecular complexity index is 207. The minimum atomic E-state index is 0.204. The van der Waals surface area contributed by atoms with Crippen LogP contribution < -0.4 is 0 Å². The summed E-state index contributed by atoms with van der Waals surface area (Å²) < 4.78 is 0. The van der Waals surface area contributed by atoms with Crippen molar-refractivity contribution in [2.24, 2.45) is 0 Å². The molecule has 1 saturated heterocycles. The lowest BCUT2D eigenvalue weighted by molar-refractivity contribution is -0.125. The Hall–Kier alpha value is -1.01. The molecule has 1 fully saturated rings. The summed E-state index contributed by atoms with van der Waals surface area (Å²) in [5.41, 5.74) is 0. The fourth-order valence-corrected chi connectivity index (χ4v) is 1.30. The van der Waals surface area contributed by atoms with E-state index >= 15 is 0 Å². The fraction of sp³-hybridized carbons (Fsp3) is 0.667. The van der Waals surface area contributed by atoms with Crippen molar-refractivity contribution in [3.8, 4) is 12.3 Å². The Kier molecular flexibility index (Phi) is 3.12. The Morgan fingerprint density at radius 2 is 2.42 bits per heavy atom. The fourth-order valence-electron chi connectivity index (χ4n) is 1.30. The van der Waals surface area contributed by atoms with Crippen molar-refractivity contribution < 1.29 is 4.79 Å². The number of unbranched alkanes of at least 4 members (excludes halogenated alkanes) is 1. The molecule has 0 aromatic heterocycles. The van der Waals surface area contributed by atoms with E-state index in [4.69, 9.17) is 6.42 Å². The third-order valence-electron chi connectivity index (χ3n) is 1.99. The largest absolute Gasteiger partial charge is 0.332 e. The van der Waals surface area contributed by atoms with Crippen LogP contribution in [-0.4, -0.2) is 42.5 Å². The number of nitrogens with zero attached hydrogens (tertiary/aromatic N) is 2. The number of hydrogen-bond donors (Lipinski definition) is 0. The molecule has 0 unspecified atom stereocenters. The van der Waals surface area contributed by atoms with Gasteiger partial charge < -0.3 is 4.90 Å². The van der Waals surface area contributed by atoms with Crippen molar-refractivity contribution in [2.45, 2.75) is 12.8 Å². The summed E-state index contributed by atoms with van der Waals surface area (Å²) in [5.74, 6) is 2.79. The molecule has 0 aromatic carbocycles. The SMILES string of the molecule is C#CCCCN1CC(=O)N(C)C1. The highest BCUT2D eigenvalue weighted by molar-refractivity contribution is 5.79. The monoisotopic (exact) mass is 166 g/mol. The molecule has 3 heteroatoms. The molecule has 0 radical (unpaired) electrons. The molecule has 0 atom stereocenters. The summed E-state index contributed by atoms with van der Waals surface area (Å²) >= 11 is 0. The lowest BCUT2D eigenvalue weighted by atomic mass is 10.3. The number of likely N-dealkylation sites (N-methyl/N-ethyl adjacent to an activating group) is 1. The van der Waals surface area contributed by atoms with E-state index in [9.17, 15) is 4.79 Å². The van der Waals surface area contributed by atoms with Crippen molar-refractivity contribution in [3.63, 3.8) is 0 Å². The average Bonchev–Trinajstić information content (AvgIpc) is 2.32. The van der Waals surface area contributed by atoms with E-state index in [2.05, 4.69) is 10.8 Å². The van der Waals surface area contributed by atoms with Gasteiger partial charge in [-0.05, 0) is 6.42 Å². The van der Waals surface area contributed by atoms with Crippen LogP contribution in [0.4, 0.5) is 0 Å². The van der Waals surface area contributed by atoms with Crippen molar-refractivity contribution >= 4 is 5.91 Å². The molecule has 0 aliphatic carbocycles. The molecule has 1 amide bonds. The Morgan fingerprint density at radius 1 is 1.67 bits per heavy atom. The van der Waals surface area contributed by atoms with Gasteiger partial charge in [0.1, 0.15) is 0 Å². The maximum absolute atomic E-state index is 11.1. The average molecular weight is 166 g/mol. The van der Waals surface area contributed by atoms with E-state index < -0.39 is 0 Å². The minimum absolute atomic E-state index is 0.204. The molecule has 0 bridgehead atoms. The Labute approximate surface area is 73.3 Å². The maximum Gasteiger partial charge on any atom is 0.237 e. The molecule has 12 heavy (non-hydrogen) atoms. The second-order valence-corrected chi connectivity index (χ2v) is 3.09. The smallest absolute Gasteiger partial charge is 0.237 e. The molecule has 0 N–H and O–H groups in total. The van der Waals surface area contributed by atoms with E-state index in [1.165, 1.54) is 0 Å². The Balaban J connectivity index is 2.20. The van der Waals surface area contributed by atoms with Gasteiger partial charge in [0.05, 0.1) is 13.2 Å². The highest BCUT2D eigenvalue weighted by atomic mass is 16.2. The summed E-state index contributed by atoms with van der Waals surface area (Å²) in [6.07, 6.45) is 6.91. The van der Waals surface area contributed by atoms with Gasteiger partial charge in [0.15, 0.2) is 0 Å². The molecule has 3 nitrogen and oxygen atoms in total. The number of rotatable bonds is 3. The van der Waals surface area contributed by atoms with Crippen molar-refractivity contribution in [1.29, 1.82) is 0 Å². The predicted octanol–water partition coefficient (Wildman–Crippen LogP) is 0.131. The third kappa shape index (κ3) is 2.24. The van der Waals surface area contributed by atoms with E-state index in [0.717, 1.165) is 26.1 Å². The van der Waals surface area contributed by atoms with Crippen LogP contribution in [0.5, 0.6) is 0 Å². The first-order valence-electron chi connectivity index (χ1n) is 4.14. The zero-order chi connectivity index (χ0) is 8.97. The number of hydrogen-bond acceptors (Lipinski definition) is 2. The quantitative estimate of drug-likeness (QED) is 0.439. The predicted molar refractivity (Wildman–Crippen MR) is 47.3 cm³/mol. The van der Waals surface area contributed by atoms with Crippen LogP contribution in [0.1, 0.15) is 12.8 Å². The van der Waals surface area contributed by atoms with Gasteiger partial charge in [-0.15, -0.1) is 12.3 Å². The molecule has 0 spiro atoms. The molecule has 0 saturated carbocycles. The van der Waals surface area contributed by atoms with E-state index in [1.54, 1.807) is 4.90 Å². The zero-order valence-electron chi connectivity index (χ0n) is 7.42. The molecular weight excluding hydrogens is 152 g/mol. The van der Waals surface area contributed by atoms with Gasteiger partial charge in [-0.2, -0.15) is 0 Å². The van der Waals surface area contributed by atoms with Gasteiger partial charge in [-0.25, -0.2) is 0 Å². The first kappa shape index (κ1) is 9.08. The van der Waals surface area contributed by atoms with Gasteiger partial charge in [-0.1, -0.05) is 0 Å². The molecular formula is C9H14N2O. The van der Waals surface area contributed by atoms with E-state index in [-0.39, 0.29) is 5.91 Å². The minimum Gasteiger partial charge on any atom is -0.332 e. The van der Waals surface area contributed by atoms with Gasteiger partial charge in [0, 0.05) is 20.0 Å². The van der Waals surface area contributed by atoms with E-state index in [1.807, 2.05) is 7.05 Å². The van der Waals surface area contributed by atoms with Crippen LogP contribution in [0.15, 0.2) is 0 Å². The van der Waals surface area contributed by atoms with Gasteiger partial charge in [-0.3, -0.25) is 9.69 Å². The summed E-state index contributed by atoms with van der Waals surface area (Å²) in [5, 5.41) is 0. The van der Waals surface area contributed by atoms with Gasteiger partial charge >= 0.3 is 0 Å². The van der Waals surface area contributed by atoms with Crippen LogP contribution in [0, 0.1) is 12.3 Å². The number of carbonyl (C=O) groups excluding carboxylic acids is 1. The van der Waals surface area contributed by atoms with Gasteiger partial charge in [0.25, 0.3) is 0 Å². The topological polar surface area (TPSA) is 23.6 Å². The number of amides is 1. The molecule has 1 heterocycles. The summed E-state index contributed by atoms with van der Waals surface area (Å²) in [6, 6.07) is 0. The van der Waals surface area contributed by atoms with Crippen molar-refractivity contribution in [3.05, 3.63) is 0 Å². The standard InChI is InChI=1S/C9H14N2O/c1-3-4-5-6-11-7-9(12)10(2)8-11/h1H,4-8H2,2H3. The lowest BCUT2D eigenvalue weighted by Gasteiger charge is -2.12. The first-order valence-corrected chi connectivity index (χ1v) is 4.14. The lowest BCUT2D eigenvalue weighted by Crippen LogP contribution is -2.24. The third-order valence-corrected chi connectivity index (χ3v) is 1.99. The highest BCUT2D eigenvalue weighted by Crippen LogP contribution is 2.04. The van der Waals surface area contributed by atoms with E-state index in [0.29, 0.717) is 6.54 Å². The van der Waals surface area contributed by atoms with Crippen LogP contribution in [-0.2, 0) is 4.79 Å². The van der Waals surface area contributed by atoms with Crippen molar-refractivity contribution in [2.75, 3.05) is 26.8 Å². The number of carbonyl (C=O) groups is 1. The maximum atomic E-state index is 11.1. The summed E-state index contributed by atoms with van der Waals surface area (Å²) in [4.78, 5) is 14.9. The second kappa shape index (κ2) is 4.13. The molecule has 0 aromatic rings. The second-order valence-electron chi connectivity index (χ2n) is 3.09. The van der Waals surface area contributed by atoms with Gasteiger partial charge in [0.2, 0.25) is 5.91 Å². The van der Waals surface area contributed by atoms with Crippen molar-refractivity contribution in [1.82, 2.24) is 9.80 Å². The molecule has 1 aliphatic rings. The molecule has 1 aliphatic heterocycles. The summed E-state index contributed by atoms with van der Waals surface area (Å²) in [7, 11) is 1.82. The van der Waals surface area contributed by atoms with Crippen LogP contribution in [0.25, 0.3) is 0 Å². The molecule has 66 valence electrons. The summed E-state index contributed by atoms with van der Waals surface area (Å²) in [6.45, 7) is 2.24. The highest BCUT2D eigenvalue weighted by Gasteiger charge is 2.22. The molecule has 1 rings (SSSR count). The first-order chi connectivity index (χ1) is 5.74. The normalized spacial score (nSPS) is 18.3. The zero-order valence-corrected chi connectivity index (χ0v) is 7.42. The van der Waals surface area contributed by atoms with Crippen LogP contribution in [0.3, 0.4) is 0 Å². The van der Waals surface area contributed by atoms with Crippen LogP contribution >= 0.6 is 0 Å². The Morgan fingerprint density at radius 3 is 2.92 bits per heavy atom.